The molecule has 7 heteroatoms. The molecular formula is C25H22FN5O. The zero-order chi connectivity index (χ0) is 22.2. The Morgan fingerprint density at radius 1 is 1.12 bits per heavy atom. The van der Waals surface area contributed by atoms with E-state index in [2.05, 4.69) is 40.2 Å². The number of rotatable bonds is 4. The molecule has 0 fully saturated rings. The van der Waals surface area contributed by atoms with Crippen LogP contribution in [-0.2, 0) is 12.8 Å². The first-order valence-corrected chi connectivity index (χ1v) is 10.5. The third-order valence-electron chi connectivity index (χ3n) is 5.89. The number of hydrogen-bond acceptors (Lipinski definition) is 4. The molecule has 0 saturated carbocycles. The van der Waals surface area contributed by atoms with E-state index in [-0.39, 0.29) is 17.5 Å². The molecular weight excluding hydrogens is 405 g/mol. The van der Waals surface area contributed by atoms with Crippen molar-refractivity contribution in [1.82, 2.24) is 19.7 Å². The van der Waals surface area contributed by atoms with Crippen LogP contribution in [0.15, 0.2) is 61.1 Å². The molecule has 6 nitrogen and oxygen atoms in total. The Bertz CT molecular complexity index is 1300. The molecule has 0 bridgehead atoms. The lowest BCUT2D eigenvalue weighted by atomic mass is 9.91. The lowest BCUT2D eigenvalue weighted by Gasteiger charge is -2.28. The highest BCUT2D eigenvalue weighted by molar-refractivity contribution is 6.07. The van der Waals surface area contributed by atoms with E-state index in [9.17, 15) is 9.18 Å². The van der Waals surface area contributed by atoms with Gasteiger partial charge in [0.1, 0.15) is 0 Å². The molecule has 3 heterocycles. The molecule has 32 heavy (non-hydrogen) atoms. The second kappa shape index (κ2) is 8.00. The van der Waals surface area contributed by atoms with E-state index in [4.69, 9.17) is 0 Å². The van der Waals surface area contributed by atoms with Crippen LogP contribution in [0, 0.1) is 19.7 Å². The molecule has 160 valence electrons. The zero-order valence-corrected chi connectivity index (χ0v) is 17.9. The molecule has 0 atom stereocenters. The molecule has 5 rings (SSSR count). The van der Waals surface area contributed by atoms with Crippen LogP contribution in [0.2, 0.25) is 0 Å². The van der Waals surface area contributed by atoms with Gasteiger partial charge in [-0.15, -0.1) is 0 Å². The van der Waals surface area contributed by atoms with E-state index in [1.165, 1.54) is 4.90 Å². The normalized spacial score (nSPS) is 13.3. The van der Waals surface area contributed by atoms with Crippen molar-refractivity contribution in [3.8, 4) is 5.69 Å². The number of aryl methyl sites for hydroxylation is 2. The number of carbonyl (C=O) groups excluding carboxylic acids is 1. The molecule has 0 spiro atoms. The fraction of sp³-hybridized carbons (Fsp3) is 0.200. The fourth-order valence-electron chi connectivity index (χ4n) is 4.06. The number of anilines is 1. The molecule has 1 amide bonds. The van der Waals surface area contributed by atoms with Crippen molar-refractivity contribution in [1.29, 1.82) is 0 Å². The van der Waals surface area contributed by atoms with Crippen molar-refractivity contribution in [2.24, 2.45) is 0 Å². The molecule has 0 aliphatic carbocycles. The molecule has 0 radical (unpaired) electrons. The van der Waals surface area contributed by atoms with Gasteiger partial charge in [-0.25, -0.2) is 19.0 Å². The fourth-order valence-corrected chi connectivity index (χ4v) is 4.06. The molecule has 1 aliphatic rings. The molecule has 2 aromatic carbocycles. The Kier molecular flexibility index (Phi) is 5.01. The van der Waals surface area contributed by atoms with Crippen molar-refractivity contribution < 1.29 is 9.18 Å². The van der Waals surface area contributed by atoms with Crippen molar-refractivity contribution in [3.05, 3.63) is 100 Å². The maximum Gasteiger partial charge on any atom is 0.260 e. The summed E-state index contributed by atoms with van der Waals surface area (Å²) in [7, 11) is 0. The van der Waals surface area contributed by atoms with Crippen LogP contribution in [0.1, 0.15) is 38.3 Å². The standard InChI is InChI=1S/C25H22FN5O/c1-16-12-19-8-11-30(25-27-15-23(26)17(2)29-25)24(32)22(19)14-20(16)13-18-4-6-21(7-5-18)31-10-3-9-28-31/h3-7,9-10,12,14-15H,8,11,13H2,1-2H3. The molecule has 2 aromatic heterocycles. The van der Waals surface area contributed by atoms with Gasteiger partial charge in [-0.05, 0) is 73.2 Å². The summed E-state index contributed by atoms with van der Waals surface area (Å²) in [6.45, 7) is 4.13. The minimum absolute atomic E-state index is 0.146. The number of fused-ring (bicyclic) bond motifs is 1. The molecule has 0 saturated heterocycles. The van der Waals surface area contributed by atoms with Gasteiger partial charge in [-0.1, -0.05) is 18.2 Å². The van der Waals surface area contributed by atoms with Crippen molar-refractivity contribution in [2.45, 2.75) is 26.7 Å². The molecule has 1 aliphatic heterocycles. The number of aromatic nitrogens is 4. The first-order chi connectivity index (χ1) is 15.5. The van der Waals surface area contributed by atoms with Crippen LogP contribution < -0.4 is 4.90 Å². The van der Waals surface area contributed by atoms with E-state index >= 15 is 0 Å². The van der Waals surface area contributed by atoms with Crippen molar-refractivity contribution in [2.75, 3.05) is 11.4 Å². The minimum Gasteiger partial charge on any atom is -0.276 e. The molecule has 0 N–H and O–H groups in total. The van der Waals surface area contributed by atoms with E-state index in [1.807, 2.05) is 35.1 Å². The van der Waals surface area contributed by atoms with E-state index in [1.54, 1.807) is 13.1 Å². The molecule has 4 aromatic rings. The second-order valence-electron chi connectivity index (χ2n) is 8.04. The highest BCUT2D eigenvalue weighted by Gasteiger charge is 2.28. The monoisotopic (exact) mass is 427 g/mol. The van der Waals surface area contributed by atoms with Crippen molar-refractivity contribution >= 4 is 11.9 Å². The Labute approximate surface area is 185 Å². The topological polar surface area (TPSA) is 63.9 Å². The summed E-state index contributed by atoms with van der Waals surface area (Å²) in [5.41, 5.74) is 6.34. The average molecular weight is 427 g/mol. The van der Waals surface area contributed by atoms with E-state index in [0.29, 0.717) is 18.5 Å². The highest BCUT2D eigenvalue weighted by atomic mass is 19.1. The highest BCUT2D eigenvalue weighted by Crippen LogP contribution is 2.27. The largest absolute Gasteiger partial charge is 0.276 e. The van der Waals surface area contributed by atoms with Gasteiger partial charge < -0.3 is 0 Å². The first-order valence-electron chi connectivity index (χ1n) is 10.5. The number of hydrogen-bond donors (Lipinski definition) is 0. The third kappa shape index (κ3) is 3.66. The predicted octanol–water partition coefficient (Wildman–Crippen LogP) is 4.21. The van der Waals surface area contributed by atoms with Gasteiger partial charge in [0.15, 0.2) is 5.82 Å². The first kappa shape index (κ1) is 20.1. The summed E-state index contributed by atoms with van der Waals surface area (Å²) in [5.74, 6) is -0.376. The summed E-state index contributed by atoms with van der Waals surface area (Å²) in [6.07, 6.45) is 6.21. The van der Waals surface area contributed by atoms with E-state index < -0.39 is 5.82 Å². The van der Waals surface area contributed by atoms with Gasteiger partial charge in [0, 0.05) is 24.5 Å². The van der Waals surface area contributed by atoms with Gasteiger partial charge in [-0.2, -0.15) is 5.10 Å². The number of amides is 1. The minimum atomic E-state index is -0.477. The quantitative estimate of drug-likeness (QED) is 0.489. The summed E-state index contributed by atoms with van der Waals surface area (Å²) >= 11 is 0. The van der Waals surface area contributed by atoms with Crippen molar-refractivity contribution in [3.63, 3.8) is 0 Å². The lowest BCUT2D eigenvalue weighted by Crippen LogP contribution is -2.39. The van der Waals surface area contributed by atoms with Gasteiger partial charge in [-0.3, -0.25) is 9.69 Å². The SMILES string of the molecule is Cc1cc2c(cc1Cc1ccc(-n3cccn3)cc1)C(=O)N(c1ncc(F)c(C)n1)CC2. The number of nitrogens with zero attached hydrogens (tertiary/aromatic N) is 5. The number of carbonyl (C=O) groups is 1. The zero-order valence-electron chi connectivity index (χ0n) is 17.9. The molecule has 0 unspecified atom stereocenters. The smallest absolute Gasteiger partial charge is 0.260 e. The summed E-state index contributed by atoms with van der Waals surface area (Å²) < 4.78 is 15.4. The lowest BCUT2D eigenvalue weighted by molar-refractivity contribution is 0.0978. The Balaban J connectivity index is 1.42. The van der Waals surface area contributed by atoms with Gasteiger partial charge in [0.2, 0.25) is 5.95 Å². The summed E-state index contributed by atoms with van der Waals surface area (Å²) in [6, 6.07) is 14.2. The van der Waals surface area contributed by atoms with Crippen LogP contribution >= 0.6 is 0 Å². The van der Waals surface area contributed by atoms with Gasteiger partial charge in [0.05, 0.1) is 17.6 Å². The van der Waals surface area contributed by atoms with Gasteiger partial charge in [0.25, 0.3) is 5.91 Å². The van der Waals surface area contributed by atoms with Crippen LogP contribution in [0.4, 0.5) is 10.3 Å². The maximum atomic E-state index is 13.6. The maximum absolute atomic E-state index is 13.6. The number of halogens is 1. The Morgan fingerprint density at radius 3 is 2.66 bits per heavy atom. The van der Waals surface area contributed by atoms with E-state index in [0.717, 1.165) is 40.6 Å². The van der Waals surface area contributed by atoms with Crippen LogP contribution in [0.25, 0.3) is 5.69 Å². The number of benzene rings is 2. The summed E-state index contributed by atoms with van der Waals surface area (Å²) in [4.78, 5) is 23.0. The third-order valence-corrected chi connectivity index (χ3v) is 5.89. The average Bonchev–Trinajstić information content (AvgIpc) is 3.33. The Hall–Kier alpha value is -3.87. The van der Waals surface area contributed by atoms with Crippen LogP contribution in [0.5, 0.6) is 0 Å². The Morgan fingerprint density at radius 2 is 1.94 bits per heavy atom. The summed E-state index contributed by atoms with van der Waals surface area (Å²) in [5, 5.41) is 4.26. The van der Waals surface area contributed by atoms with Crippen LogP contribution in [-0.4, -0.2) is 32.2 Å². The second-order valence-corrected chi connectivity index (χ2v) is 8.04. The predicted molar refractivity (Wildman–Crippen MR) is 120 cm³/mol. The van der Waals surface area contributed by atoms with Gasteiger partial charge >= 0.3 is 0 Å². The van der Waals surface area contributed by atoms with Crippen LogP contribution in [0.3, 0.4) is 0 Å².